The second-order valence-electron chi connectivity index (χ2n) is 6.99. The molecular formula is C21H23N5O2. The molecule has 0 unspecified atom stereocenters. The molecule has 1 aromatic carbocycles. The smallest absolute Gasteiger partial charge is 0.227 e. The van der Waals surface area contributed by atoms with Crippen LogP contribution in [0.5, 0.6) is 0 Å². The van der Waals surface area contributed by atoms with Crippen LogP contribution in [0, 0.1) is 5.92 Å². The van der Waals surface area contributed by atoms with E-state index in [1.54, 1.807) is 12.4 Å². The van der Waals surface area contributed by atoms with Crippen molar-refractivity contribution in [2.75, 3.05) is 24.5 Å². The first kappa shape index (κ1) is 18.2. The minimum atomic E-state index is 0.0156. The Kier molecular flexibility index (Phi) is 5.61. The lowest BCUT2D eigenvalue weighted by atomic mass is 10.1. The molecule has 1 atom stereocenters. The summed E-state index contributed by atoms with van der Waals surface area (Å²) in [6.45, 7) is 2.71. The van der Waals surface area contributed by atoms with Crippen molar-refractivity contribution in [3.63, 3.8) is 0 Å². The van der Waals surface area contributed by atoms with Crippen LogP contribution in [0.15, 0.2) is 59.4 Å². The fourth-order valence-corrected chi connectivity index (χ4v) is 3.41. The molecule has 1 saturated heterocycles. The third-order valence-corrected chi connectivity index (χ3v) is 4.97. The molecule has 1 fully saturated rings. The molecule has 1 N–H and O–H groups in total. The van der Waals surface area contributed by atoms with Crippen molar-refractivity contribution in [1.82, 2.24) is 20.4 Å². The van der Waals surface area contributed by atoms with Crippen molar-refractivity contribution < 1.29 is 9.32 Å². The Morgan fingerprint density at radius 1 is 1.18 bits per heavy atom. The van der Waals surface area contributed by atoms with Crippen LogP contribution in [0.3, 0.4) is 0 Å². The Morgan fingerprint density at radius 2 is 2.00 bits per heavy atom. The highest BCUT2D eigenvalue weighted by molar-refractivity contribution is 5.76. The van der Waals surface area contributed by atoms with Crippen molar-refractivity contribution in [2.24, 2.45) is 5.92 Å². The van der Waals surface area contributed by atoms with E-state index < -0.39 is 0 Å². The predicted octanol–water partition coefficient (Wildman–Crippen LogP) is 2.71. The summed E-state index contributed by atoms with van der Waals surface area (Å²) >= 11 is 0. The number of amides is 1. The summed E-state index contributed by atoms with van der Waals surface area (Å²) in [6, 6.07) is 14.0. The maximum absolute atomic E-state index is 12.2. The summed E-state index contributed by atoms with van der Waals surface area (Å²) in [5.41, 5.74) is 2.09. The standard InChI is InChI=1S/C21H23N5O2/c27-19(6-7-20-24-21(25-28-20)17-8-11-22-12-9-17)23-14-16-10-13-26(15-16)18-4-2-1-3-5-18/h1-5,8-9,11-12,16H,6-7,10,13-15H2,(H,23,27)/t16-/m0/s1. The van der Waals surface area contributed by atoms with Gasteiger partial charge in [-0.3, -0.25) is 9.78 Å². The summed E-state index contributed by atoms with van der Waals surface area (Å²) < 4.78 is 5.24. The zero-order valence-corrected chi connectivity index (χ0v) is 15.6. The maximum atomic E-state index is 12.2. The number of nitrogens with zero attached hydrogens (tertiary/aromatic N) is 4. The van der Waals surface area contributed by atoms with Crippen molar-refractivity contribution in [1.29, 1.82) is 0 Å². The fourth-order valence-electron chi connectivity index (χ4n) is 3.41. The van der Waals surface area contributed by atoms with Crippen LogP contribution < -0.4 is 10.2 Å². The second-order valence-corrected chi connectivity index (χ2v) is 6.99. The molecule has 1 aliphatic heterocycles. The SMILES string of the molecule is O=C(CCc1nc(-c2ccncc2)no1)NC[C@@H]1CCN(c2ccccc2)C1. The number of hydrogen-bond donors (Lipinski definition) is 1. The number of aryl methyl sites for hydroxylation is 1. The molecule has 2 aromatic heterocycles. The van der Waals surface area contributed by atoms with Gasteiger partial charge in [0.2, 0.25) is 17.6 Å². The van der Waals surface area contributed by atoms with E-state index in [1.165, 1.54) is 5.69 Å². The average molecular weight is 377 g/mol. The Morgan fingerprint density at radius 3 is 2.82 bits per heavy atom. The van der Waals surface area contributed by atoms with Crippen LogP contribution >= 0.6 is 0 Å². The van der Waals surface area contributed by atoms with Gasteiger partial charge in [0, 0.05) is 56.1 Å². The Bertz CT molecular complexity index is 897. The van der Waals surface area contributed by atoms with Gasteiger partial charge in [-0.15, -0.1) is 0 Å². The number of hydrogen-bond acceptors (Lipinski definition) is 6. The molecule has 0 aliphatic carbocycles. The highest BCUT2D eigenvalue weighted by Crippen LogP contribution is 2.23. The lowest BCUT2D eigenvalue weighted by Gasteiger charge is -2.18. The quantitative estimate of drug-likeness (QED) is 0.682. The average Bonchev–Trinajstić information content (AvgIpc) is 3.42. The maximum Gasteiger partial charge on any atom is 0.227 e. The zero-order chi connectivity index (χ0) is 19.2. The summed E-state index contributed by atoms with van der Waals surface area (Å²) in [5, 5.41) is 7.00. The molecule has 3 aromatic rings. The molecule has 144 valence electrons. The highest BCUT2D eigenvalue weighted by Gasteiger charge is 2.23. The van der Waals surface area contributed by atoms with Gasteiger partial charge in [0.15, 0.2) is 0 Å². The van der Waals surface area contributed by atoms with Gasteiger partial charge in [-0.1, -0.05) is 23.4 Å². The first-order valence-electron chi connectivity index (χ1n) is 9.57. The number of benzene rings is 1. The molecule has 7 nitrogen and oxygen atoms in total. The van der Waals surface area contributed by atoms with E-state index in [0.717, 1.165) is 25.1 Å². The third-order valence-electron chi connectivity index (χ3n) is 4.97. The van der Waals surface area contributed by atoms with Gasteiger partial charge in [0.1, 0.15) is 0 Å². The van der Waals surface area contributed by atoms with Crippen molar-refractivity contribution in [3.05, 3.63) is 60.7 Å². The fraction of sp³-hybridized carbons (Fsp3) is 0.333. The Hall–Kier alpha value is -3.22. The largest absolute Gasteiger partial charge is 0.371 e. The lowest BCUT2D eigenvalue weighted by Crippen LogP contribution is -2.31. The van der Waals surface area contributed by atoms with Gasteiger partial charge in [-0.25, -0.2) is 0 Å². The van der Waals surface area contributed by atoms with Gasteiger partial charge in [-0.05, 0) is 36.6 Å². The molecule has 3 heterocycles. The number of anilines is 1. The van der Waals surface area contributed by atoms with Gasteiger partial charge >= 0.3 is 0 Å². The first-order valence-corrected chi connectivity index (χ1v) is 9.57. The van der Waals surface area contributed by atoms with E-state index in [9.17, 15) is 4.79 Å². The number of para-hydroxylation sites is 1. The summed E-state index contributed by atoms with van der Waals surface area (Å²) in [6.07, 6.45) is 5.23. The molecule has 0 spiro atoms. The summed E-state index contributed by atoms with van der Waals surface area (Å²) in [4.78, 5) is 22.9. The minimum Gasteiger partial charge on any atom is -0.371 e. The van der Waals surface area contributed by atoms with Crippen LogP contribution in [-0.2, 0) is 11.2 Å². The summed E-state index contributed by atoms with van der Waals surface area (Å²) in [5.74, 6) is 1.48. The van der Waals surface area contributed by atoms with Gasteiger partial charge in [0.25, 0.3) is 0 Å². The molecule has 4 rings (SSSR count). The molecule has 1 aliphatic rings. The second kappa shape index (κ2) is 8.65. The monoisotopic (exact) mass is 377 g/mol. The van der Waals surface area contributed by atoms with Crippen LogP contribution in [0.1, 0.15) is 18.7 Å². The van der Waals surface area contributed by atoms with Crippen molar-refractivity contribution in [2.45, 2.75) is 19.3 Å². The number of carbonyl (C=O) groups is 1. The molecular weight excluding hydrogens is 354 g/mol. The van der Waals surface area contributed by atoms with Crippen LogP contribution in [0.4, 0.5) is 5.69 Å². The van der Waals surface area contributed by atoms with Crippen LogP contribution in [0.2, 0.25) is 0 Å². The number of aromatic nitrogens is 3. The van der Waals surface area contributed by atoms with Crippen LogP contribution in [0.25, 0.3) is 11.4 Å². The molecule has 28 heavy (non-hydrogen) atoms. The topological polar surface area (TPSA) is 84.1 Å². The molecule has 0 radical (unpaired) electrons. The number of pyridine rings is 1. The van der Waals surface area contributed by atoms with Gasteiger partial charge in [0.05, 0.1) is 0 Å². The van der Waals surface area contributed by atoms with E-state index in [-0.39, 0.29) is 5.91 Å². The Labute approximate surface area is 163 Å². The van der Waals surface area contributed by atoms with Gasteiger partial charge < -0.3 is 14.7 Å². The normalized spacial score (nSPS) is 16.3. The number of carbonyl (C=O) groups excluding carboxylic acids is 1. The highest BCUT2D eigenvalue weighted by atomic mass is 16.5. The summed E-state index contributed by atoms with van der Waals surface area (Å²) in [7, 11) is 0. The van der Waals surface area contributed by atoms with E-state index in [0.29, 0.717) is 37.0 Å². The van der Waals surface area contributed by atoms with E-state index in [4.69, 9.17) is 4.52 Å². The van der Waals surface area contributed by atoms with Crippen molar-refractivity contribution >= 4 is 11.6 Å². The number of rotatable bonds is 7. The van der Waals surface area contributed by atoms with E-state index in [1.807, 2.05) is 18.2 Å². The predicted molar refractivity (Wildman–Crippen MR) is 106 cm³/mol. The Balaban J connectivity index is 1.20. The first-order chi connectivity index (χ1) is 13.8. The van der Waals surface area contributed by atoms with Crippen LogP contribution in [-0.4, -0.2) is 40.7 Å². The molecule has 7 heteroatoms. The number of nitrogens with one attached hydrogen (secondary N) is 1. The van der Waals surface area contributed by atoms with E-state index in [2.05, 4.69) is 49.6 Å². The van der Waals surface area contributed by atoms with Crippen molar-refractivity contribution in [3.8, 4) is 11.4 Å². The lowest BCUT2D eigenvalue weighted by molar-refractivity contribution is -0.121. The molecule has 0 bridgehead atoms. The molecule has 1 amide bonds. The van der Waals surface area contributed by atoms with E-state index >= 15 is 0 Å². The zero-order valence-electron chi connectivity index (χ0n) is 15.6. The third kappa shape index (κ3) is 4.54. The minimum absolute atomic E-state index is 0.0156. The van der Waals surface area contributed by atoms with Gasteiger partial charge in [-0.2, -0.15) is 4.98 Å². The molecule has 0 saturated carbocycles.